The summed E-state index contributed by atoms with van der Waals surface area (Å²) in [5.74, 6) is -0.714. The van der Waals surface area contributed by atoms with E-state index in [2.05, 4.69) is 35.8 Å². The number of rotatable bonds is 4. The molecule has 2 aromatic rings. The van der Waals surface area contributed by atoms with Gasteiger partial charge in [0.25, 0.3) is 0 Å². The van der Waals surface area contributed by atoms with Crippen molar-refractivity contribution in [1.82, 2.24) is 0 Å². The molecule has 0 radical (unpaired) electrons. The highest BCUT2D eigenvalue weighted by Crippen LogP contribution is 2.48. The summed E-state index contributed by atoms with van der Waals surface area (Å²) in [4.78, 5) is 30.7. The Morgan fingerprint density at radius 2 is 1.84 bits per heavy atom. The number of aliphatic imine (C=N–C) groups is 1. The van der Waals surface area contributed by atoms with Gasteiger partial charge in [-0.25, -0.2) is 4.99 Å². The van der Waals surface area contributed by atoms with E-state index in [1.54, 1.807) is 12.1 Å². The average Bonchev–Trinajstić information content (AvgIpc) is 2.76. The molecule has 0 N–H and O–H groups in total. The topological polar surface area (TPSA) is 70.3 Å². The van der Waals surface area contributed by atoms with Crippen LogP contribution in [0.15, 0.2) is 75.3 Å². The number of carbonyl (C=O) groups is 2. The Hall–Kier alpha value is -2.49. The molecular formula is C26H23BrN2O2S. The molecule has 32 heavy (non-hydrogen) atoms. The first kappa shape index (κ1) is 22.7. The van der Waals surface area contributed by atoms with Gasteiger partial charge in [-0.2, -0.15) is 5.26 Å². The predicted molar refractivity (Wildman–Crippen MR) is 132 cm³/mol. The minimum Gasteiger partial charge on any atom is -0.294 e. The Balaban J connectivity index is 1.72. The second kappa shape index (κ2) is 9.17. The summed E-state index contributed by atoms with van der Waals surface area (Å²) >= 11 is 4.78. The monoisotopic (exact) mass is 506 g/mol. The molecule has 2 aromatic carbocycles. The Morgan fingerprint density at radius 1 is 1.16 bits per heavy atom. The van der Waals surface area contributed by atoms with Gasteiger partial charge in [-0.3, -0.25) is 9.59 Å². The number of hydrogen-bond acceptors (Lipinski definition) is 5. The van der Waals surface area contributed by atoms with E-state index in [1.165, 1.54) is 11.8 Å². The fourth-order valence-electron chi connectivity index (χ4n) is 4.39. The van der Waals surface area contributed by atoms with Gasteiger partial charge in [0, 0.05) is 33.6 Å². The second-order valence-corrected chi connectivity index (χ2v) is 10.9. The molecule has 162 valence electrons. The third kappa shape index (κ3) is 4.65. The largest absolute Gasteiger partial charge is 0.294 e. The number of carbonyl (C=O) groups excluding carboxylic acids is 2. The molecule has 0 fully saturated rings. The standard InChI is InChI=1S/C26H23BrN2O2S/c1-26(2)12-20-24(21(30)13-26)23(17-8-10-18(27)11-9-17)19(14-28)25(29-20)32-15-22(31)16-6-4-3-5-7-16/h3-11,19,23H,12-13,15H2,1-2H3. The van der Waals surface area contributed by atoms with Crippen LogP contribution in [0.4, 0.5) is 0 Å². The third-order valence-electron chi connectivity index (χ3n) is 5.87. The van der Waals surface area contributed by atoms with Crippen molar-refractivity contribution in [3.05, 3.63) is 81.5 Å². The summed E-state index contributed by atoms with van der Waals surface area (Å²) in [5.41, 5.74) is 2.81. The Labute approximate surface area is 200 Å². The van der Waals surface area contributed by atoms with Crippen molar-refractivity contribution in [1.29, 1.82) is 5.26 Å². The molecule has 0 amide bonds. The highest BCUT2D eigenvalue weighted by atomic mass is 79.9. The van der Waals surface area contributed by atoms with Crippen LogP contribution in [-0.2, 0) is 4.79 Å². The van der Waals surface area contributed by atoms with Crippen molar-refractivity contribution in [3.8, 4) is 6.07 Å². The van der Waals surface area contributed by atoms with E-state index in [-0.39, 0.29) is 28.7 Å². The lowest BCUT2D eigenvalue weighted by molar-refractivity contribution is -0.118. The number of Topliss-reactive ketones (excluding diaryl/α,β-unsaturated/α-hetero) is 2. The fraction of sp³-hybridized carbons (Fsp3) is 0.308. The Kier molecular flexibility index (Phi) is 6.50. The molecule has 1 heterocycles. The maximum atomic E-state index is 13.2. The normalized spacial score (nSPS) is 22.1. The van der Waals surface area contributed by atoms with Gasteiger partial charge in [-0.05, 0) is 29.5 Å². The van der Waals surface area contributed by atoms with Gasteiger partial charge >= 0.3 is 0 Å². The maximum absolute atomic E-state index is 13.2. The molecule has 0 bridgehead atoms. The van der Waals surface area contributed by atoms with Crippen LogP contribution >= 0.6 is 27.7 Å². The minimum absolute atomic E-state index is 0.00462. The number of ketones is 2. The van der Waals surface area contributed by atoms with Crippen LogP contribution in [0.3, 0.4) is 0 Å². The fourth-order valence-corrected chi connectivity index (χ4v) is 5.65. The number of nitrogens with zero attached hydrogens (tertiary/aromatic N) is 2. The first-order chi connectivity index (χ1) is 15.3. The predicted octanol–water partition coefficient (Wildman–Crippen LogP) is 6.34. The molecule has 0 spiro atoms. The highest BCUT2D eigenvalue weighted by Gasteiger charge is 2.44. The molecule has 0 aromatic heterocycles. The molecule has 2 aliphatic rings. The first-order valence-electron chi connectivity index (χ1n) is 10.5. The Morgan fingerprint density at radius 3 is 2.50 bits per heavy atom. The van der Waals surface area contributed by atoms with Gasteiger partial charge < -0.3 is 0 Å². The maximum Gasteiger partial charge on any atom is 0.173 e. The highest BCUT2D eigenvalue weighted by molar-refractivity contribution is 9.10. The van der Waals surface area contributed by atoms with Crippen LogP contribution in [0.1, 0.15) is 48.5 Å². The number of thioether (sulfide) groups is 1. The molecule has 1 aliphatic heterocycles. The summed E-state index contributed by atoms with van der Waals surface area (Å²) in [6.07, 6.45) is 1.12. The van der Waals surface area contributed by atoms with Gasteiger partial charge in [0.15, 0.2) is 11.6 Å². The minimum atomic E-state index is -0.603. The van der Waals surface area contributed by atoms with E-state index in [1.807, 2.05) is 42.5 Å². The van der Waals surface area contributed by atoms with Crippen LogP contribution in [0.25, 0.3) is 0 Å². The Bertz CT molecular complexity index is 1160. The van der Waals surface area contributed by atoms with Crippen LogP contribution in [0.2, 0.25) is 0 Å². The van der Waals surface area contributed by atoms with Crippen molar-refractivity contribution < 1.29 is 9.59 Å². The molecule has 2 atom stereocenters. The lowest BCUT2D eigenvalue weighted by Gasteiger charge is -2.38. The van der Waals surface area contributed by atoms with E-state index < -0.39 is 5.92 Å². The molecule has 0 saturated carbocycles. The molecule has 0 saturated heterocycles. The summed E-state index contributed by atoms with van der Waals surface area (Å²) in [6.45, 7) is 4.14. The van der Waals surface area contributed by atoms with E-state index in [0.29, 0.717) is 29.0 Å². The van der Waals surface area contributed by atoms with Crippen LogP contribution < -0.4 is 0 Å². The smallest absolute Gasteiger partial charge is 0.173 e. The van der Waals surface area contributed by atoms with Crippen molar-refractivity contribution in [2.24, 2.45) is 16.3 Å². The van der Waals surface area contributed by atoms with Crippen LogP contribution in [0, 0.1) is 22.7 Å². The zero-order valence-corrected chi connectivity index (χ0v) is 20.4. The lowest BCUT2D eigenvalue weighted by atomic mass is 9.68. The van der Waals surface area contributed by atoms with Gasteiger partial charge in [0.05, 0.1) is 16.9 Å². The molecule has 6 heteroatoms. The van der Waals surface area contributed by atoms with E-state index in [0.717, 1.165) is 15.7 Å². The molecule has 4 rings (SSSR count). The summed E-state index contributed by atoms with van der Waals surface area (Å²) in [5, 5.41) is 10.8. The van der Waals surface area contributed by atoms with Crippen molar-refractivity contribution in [2.45, 2.75) is 32.6 Å². The van der Waals surface area contributed by atoms with Gasteiger partial charge in [-0.15, -0.1) is 11.8 Å². The molecule has 1 aliphatic carbocycles. The zero-order chi connectivity index (χ0) is 22.9. The molecular weight excluding hydrogens is 484 g/mol. The number of benzene rings is 2. The van der Waals surface area contributed by atoms with Gasteiger partial charge in [0.2, 0.25) is 0 Å². The van der Waals surface area contributed by atoms with Crippen LogP contribution in [0.5, 0.6) is 0 Å². The lowest BCUT2D eigenvalue weighted by Crippen LogP contribution is -2.35. The molecule has 2 unspecified atom stereocenters. The SMILES string of the molecule is CC1(C)CC(=O)C2=C(C1)N=C(SCC(=O)c1ccccc1)C(C#N)C2c1ccc(Br)cc1. The van der Waals surface area contributed by atoms with E-state index in [4.69, 9.17) is 4.99 Å². The van der Waals surface area contributed by atoms with E-state index in [9.17, 15) is 14.9 Å². The quantitative estimate of drug-likeness (QED) is 0.453. The van der Waals surface area contributed by atoms with Crippen LogP contribution in [-0.4, -0.2) is 22.4 Å². The second-order valence-electron chi connectivity index (χ2n) is 8.97. The summed E-state index contributed by atoms with van der Waals surface area (Å²) in [7, 11) is 0. The average molecular weight is 507 g/mol. The molecule has 4 nitrogen and oxygen atoms in total. The summed E-state index contributed by atoms with van der Waals surface area (Å²) < 4.78 is 0.938. The van der Waals surface area contributed by atoms with Crippen molar-refractivity contribution >= 4 is 44.3 Å². The van der Waals surface area contributed by atoms with Crippen molar-refractivity contribution in [2.75, 3.05) is 5.75 Å². The number of nitriles is 1. The number of allylic oxidation sites excluding steroid dienone is 2. The number of halogens is 1. The third-order valence-corrected chi connectivity index (χ3v) is 7.44. The van der Waals surface area contributed by atoms with Crippen molar-refractivity contribution in [3.63, 3.8) is 0 Å². The van der Waals surface area contributed by atoms with Gasteiger partial charge in [-0.1, -0.05) is 72.2 Å². The van der Waals surface area contributed by atoms with Gasteiger partial charge in [0.1, 0.15) is 5.92 Å². The summed E-state index contributed by atoms with van der Waals surface area (Å²) in [6, 6.07) is 19.3. The zero-order valence-electron chi connectivity index (χ0n) is 18.0. The first-order valence-corrected chi connectivity index (χ1v) is 12.3. The number of hydrogen-bond donors (Lipinski definition) is 0. The van der Waals surface area contributed by atoms with E-state index >= 15 is 0 Å².